The maximum atomic E-state index is 11.0. The Morgan fingerprint density at radius 2 is 2.00 bits per heavy atom. The number of rotatable bonds is 3. The van der Waals surface area contributed by atoms with Crippen LogP contribution < -0.4 is 5.32 Å². The number of hydrogen-bond acceptors (Lipinski definition) is 3. The number of halogens is 2. The summed E-state index contributed by atoms with van der Waals surface area (Å²) in [5.41, 5.74) is 3.44. The standard InChI is InChI=1S/C15H12Br2N2O2/c16-10-2-4-12-9(7-10)1-6-14(12)18-11-3-5-13(17)15(8-11)19(20)21/h2-5,7-8,14,18H,1,6H2. The van der Waals surface area contributed by atoms with E-state index in [1.54, 1.807) is 12.1 Å². The number of hydrogen-bond donors (Lipinski definition) is 1. The van der Waals surface area contributed by atoms with E-state index < -0.39 is 0 Å². The van der Waals surface area contributed by atoms with E-state index in [2.05, 4.69) is 49.3 Å². The van der Waals surface area contributed by atoms with Crippen molar-refractivity contribution in [1.29, 1.82) is 0 Å². The molecule has 1 N–H and O–H groups in total. The second-order valence-corrected chi connectivity index (χ2v) is 6.77. The second-order valence-electron chi connectivity index (χ2n) is 5.00. The van der Waals surface area contributed by atoms with Crippen molar-refractivity contribution >= 4 is 43.2 Å². The highest BCUT2D eigenvalue weighted by molar-refractivity contribution is 9.10. The lowest BCUT2D eigenvalue weighted by atomic mass is 10.1. The summed E-state index contributed by atoms with van der Waals surface area (Å²) in [5.74, 6) is 0. The van der Waals surface area contributed by atoms with Gasteiger partial charge in [0.25, 0.3) is 5.69 Å². The van der Waals surface area contributed by atoms with Crippen LogP contribution in [-0.4, -0.2) is 4.92 Å². The summed E-state index contributed by atoms with van der Waals surface area (Å²) in [6.07, 6.45) is 2.01. The van der Waals surface area contributed by atoms with Crippen LogP contribution in [-0.2, 0) is 6.42 Å². The van der Waals surface area contributed by atoms with Gasteiger partial charge in [-0.1, -0.05) is 22.0 Å². The maximum Gasteiger partial charge on any atom is 0.285 e. The smallest absolute Gasteiger partial charge is 0.285 e. The minimum Gasteiger partial charge on any atom is -0.378 e. The predicted octanol–water partition coefficient (Wildman–Crippen LogP) is 5.22. The summed E-state index contributed by atoms with van der Waals surface area (Å²) in [6.45, 7) is 0. The Hall–Kier alpha value is -1.40. The quantitative estimate of drug-likeness (QED) is 0.556. The van der Waals surface area contributed by atoms with Crippen LogP contribution in [0.1, 0.15) is 23.6 Å². The van der Waals surface area contributed by atoms with Gasteiger partial charge in [-0.05, 0) is 64.2 Å². The number of anilines is 1. The monoisotopic (exact) mass is 410 g/mol. The third kappa shape index (κ3) is 2.96. The van der Waals surface area contributed by atoms with Crippen molar-refractivity contribution in [3.8, 4) is 0 Å². The molecule has 0 aliphatic heterocycles. The van der Waals surface area contributed by atoms with E-state index in [-0.39, 0.29) is 16.7 Å². The lowest BCUT2D eigenvalue weighted by Gasteiger charge is -2.15. The van der Waals surface area contributed by atoms with E-state index in [1.807, 2.05) is 12.1 Å². The summed E-state index contributed by atoms with van der Waals surface area (Å²) in [4.78, 5) is 10.6. The molecule has 0 fully saturated rings. The van der Waals surface area contributed by atoms with Gasteiger partial charge in [0, 0.05) is 16.2 Å². The minimum absolute atomic E-state index is 0.0778. The molecule has 1 unspecified atom stereocenters. The molecule has 0 heterocycles. The van der Waals surface area contributed by atoms with Gasteiger partial charge in [-0.2, -0.15) is 0 Å². The molecule has 0 amide bonds. The van der Waals surface area contributed by atoms with E-state index >= 15 is 0 Å². The first-order chi connectivity index (χ1) is 10.0. The van der Waals surface area contributed by atoms with Crippen molar-refractivity contribution in [2.75, 3.05) is 5.32 Å². The summed E-state index contributed by atoms with van der Waals surface area (Å²) < 4.78 is 1.58. The molecule has 3 rings (SSSR count). The Kier molecular flexibility index (Phi) is 3.99. The number of nitrogens with one attached hydrogen (secondary N) is 1. The molecule has 6 heteroatoms. The van der Waals surface area contributed by atoms with E-state index in [9.17, 15) is 10.1 Å². The summed E-state index contributed by atoms with van der Waals surface area (Å²) in [7, 11) is 0. The van der Waals surface area contributed by atoms with Gasteiger partial charge in [0.2, 0.25) is 0 Å². The van der Waals surface area contributed by atoms with E-state index in [1.165, 1.54) is 11.1 Å². The van der Waals surface area contributed by atoms with E-state index in [0.29, 0.717) is 4.47 Å². The van der Waals surface area contributed by atoms with Crippen LogP contribution in [0.15, 0.2) is 45.3 Å². The summed E-state index contributed by atoms with van der Waals surface area (Å²) in [5, 5.41) is 14.4. The molecule has 2 aromatic rings. The Morgan fingerprint density at radius 1 is 1.19 bits per heavy atom. The average Bonchev–Trinajstić information content (AvgIpc) is 2.83. The molecule has 0 spiro atoms. The topological polar surface area (TPSA) is 55.2 Å². The molecule has 1 aliphatic carbocycles. The number of nitro benzene ring substituents is 1. The molecule has 0 saturated carbocycles. The summed E-state index contributed by atoms with van der Waals surface area (Å²) in [6, 6.07) is 11.6. The Morgan fingerprint density at radius 3 is 2.76 bits per heavy atom. The molecule has 4 nitrogen and oxygen atoms in total. The van der Waals surface area contributed by atoms with Gasteiger partial charge < -0.3 is 5.32 Å². The molecule has 1 atom stereocenters. The van der Waals surface area contributed by atoms with Crippen LogP contribution >= 0.6 is 31.9 Å². The number of nitrogens with zero attached hydrogens (tertiary/aromatic N) is 1. The van der Waals surface area contributed by atoms with Crippen molar-refractivity contribution in [2.24, 2.45) is 0 Å². The molecule has 0 bridgehead atoms. The van der Waals surface area contributed by atoms with E-state index in [0.717, 1.165) is 23.0 Å². The first-order valence-corrected chi connectivity index (χ1v) is 8.12. The van der Waals surface area contributed by atoms with Crippen LogP contribution in [0.5, 0.6) is 0 Å². The first-order valence-electron chi connectivity index (χ1n) is 6.53. The molecule has 2 aromatic carbocycles. The van der Waals surface area contributed by atoms with Gasteiger partial charge in [0.05, 0.1) is 15.4 Å². The van der Waals surface area contributed by atoms with Gasteiger partial charge in [-0.15, -0.1) is 0 Å². The normalized spacial score (nSPS) is 16.6. The SMILES string of the molecule is O=[N+]([O-])c1cc(NC2CCc3cc(Br)ccc32)ccc1Br. The largest absolute Gasteiger partial charge is 0.378 e. The van der Waals surface area contributed by atoms with Crippen molar-refractivity contribution in [3.05, 3.63) is 66.6 Å². The fourth-order valence-corrected chi connectivity index (χ4v) is 3.48. The minimum atomic E-state index is -0.380. The lowest BCUT2D eigenvalue weighted by Crippen LogP contribution is -2.07. The highest BCUT2D eigenvalue weighted by Crippen LogP contribution is 2.36. The molecule has 21 heavy (non-hydrogen) atoms. The van der Waals surface area contributed by atoms with Gasteiger partial charge in [0.15, 0.2) is 0 Å². The molecule has 108 valence electrons. The lowest BCUT2D eigenvalue weighted by molar-refractivity contribution is -0.385. The van der Waals surface area contributed by atoms with Gasteiger partial charge in [-0.3, -0.25) is 10.1 Å². The fourth-order valence-electron chi connectivity index (χ4n) is 2.68. The first kappa shape index (κ1) is 14.5. The number of benzene rings is 2. The van der Waals surface area contributed by atoms with Crippen molar-refractivity contribution < 1.29 is 4.92 Å². The third-order valence-electron chi connectivity index (χ3n) is 3.67. The number of nitro groups is 1. The van der Waals surface area contributed by atoms with Gasteiger partial charge in [-0.25, -0.2) is 0 Å². The van der Waals surface area contributed by atoms with Crippen LogP contribution in [0.25, 0.3) is 0 Å². The molecule has 0 saturated heterocycles. The summed E-state index contributed by atoms with van der Waals surface area (Å²) >= 11 is 6.69. The van der Waals surface area contributed by atoms with Crippen molar-refractivity contribution in [2.45, 2.75) is 18.9 Å². The second kappa shape index (κ2) is 5.77. The highest BCUT2D eigenvalue weighted by atomic mass is 79.9. The maximum absolute atomic E-state index is 11.0. The highest BCUT2D eigenvalue weighted by Gasteiger charge is 2.23. The average molecular weight is 412 g/mol. The van der Waals surface area contributed by atoms with Gasteiger partial charge in [0.1, 0.15) is 0 Å². The molecule has 0 aromatic heterocycles. The fraction of sp³-hybridized carbons (Fsp3) is 0.200. The van der Waals surface area contributed by atoms with Crippen LogP contribution in [0.3, 0.4) is 0 Å². The number of aryl methyl sites for hydroxylation is 1. The Balaban J connectivity index is 1.86. The molecular formula is C15H12Br2N2O2. The zero-order valence-corrected chi connectivity index (χ0v) is 14.1. The van der Waals surface area contributed by atoms with Gasteiger partial charge >= 0.3 is 0 Å². The van der Waals surface area contributed by atoms with Crippen molar-refractivity contribution in [1.82, 2.24) is 0 Å². The molecule has 0 radical (unpaired) electrons. The Labute approximate surface area is 139 Å². The zero-order chi connectivity index (χ0) is 15.0. The third-order valence-corrected chi connectivity index (χ3v) is 4.83. The molecule has 1 aliphatic rings. The Bertz CT molecular complexity index is 719. The number of fused-ring (bicyclic) bond motifs is 1. The van der Waals surface area contributed by atoms with Crippen molar-refractivity contribution in [3.63, 3.8) is 0 Å². The predicted molar refractivity (Wildman–Crippen MR) is 89.6 cm³/mol. The molecular weight excluding hydrogens is 400 g/mol. The van der Waals surface area contributed by atoms with Crippen LogP contribution in [0, 0.1) is 10.1 Å². The van der Waals surface area contributed by atoms with Crippen LogP contribution in [0.4, 0.5) is 11.4 Å². The van der Waals surface area contributed by atoms with Crippen LogP contribution in [0.2, 0.25) is 0 Å². The van der Waals surface area contributed by atoms with E-state index in [4.69, 9.17) is 0 Å². The zero-order valence-electron chi connectivity index (χ0n) is 11.0.